The van der Waals surface area contributed by atoms with Gasteiger partial charge >= 0.3 is 5.97 Å². The number of likely N-dealkylation sites (N-methyl/N-ethyl adjacent to an activating group) is 1. The lowest BCUT2D eigenvalue weighted by Gasteiger charge is -2.43. The second-order valence-electron chi connectivity index (χ2n) is 5.22. The van der Waals surface area contributed by atoms with Gasteiger partial charge in [-0.1, -0.05) is 0 Å². The Morgan fingerprint density at radius 2 is 2.17 bits per heavy atom. The van der Waals surface area contributed by atoms with E-state index in [4.69, 9.17) is 9.47 Å². The summed E-state index contributed by atoms with van der Waals surface area (Å²) in [5, 5.41) is 3.20. The SMILES string of the molecule is CNC1(C(=O)OC)CCCC(N2CCOCC2)C1. The molecule has 5 heteroatoms. The first-order valence-electron chi connectivity index (χ1n) is 6.81. The van der Waals surface area contributed by atoms with Crippen molar-refractivity contribution < 1.29 is 14.3 Å². The molecule has 2 atom stereocenters. The summed E-state index contributed by atoms with van der Waals surface area (Å²) in [5.41, 5.74) is -0.490. The average molecular weight is 256 g/mol. The average Bonchev–Trinajstić information content (AvgIpc) is 2.47. The molecule has 2 rings (SSSR count). The van der Waals surface area contributed by atoms with E-state index in [0.29, 0.717) is 6.04 Å². The monoisotopic (exact) mass is 256 g/mol. The number of nitrogens with zero attached hydrogens (tertiary/aromatic N) is 1. The minimum atomic E-state index is -0.490. The van der Waals surface area contributed by atoms with Crippen molar-refractivity contribution in [2.75, 3.05) is 40.5 Å². The van der Waals surface area contributed by atoms with Crippen molar-refractivity contribution in [2.24, 2.45) is 0 Å². The highest BCUT2D eigenvalue weighted by Gasteiger charge is 2.44. The van der Waals surface area contributed by atoms with Gasteiger partial charge in [0.1, 0.15) is 5.54 Å². The van der Waals surface area contributed by atoms with Crippen LogP contribution in [0.2, 0.25) is 0 Å². The van der Waals surface area contributed by atoms with Crippen LogP contribution in [0.4, 0.5) is 0 Å². The molecule has 0 bridgehead atoms. The van der Waals surface area contributed by atoms with Crippen LogP contribution in [0.15, 0.2) is 0 Å². The van der Waals surface area contributed by atoms with Gasteiger partial charge in [0.2, 0.25) is 0 Å². The standard InChI is InChI=1S/C13H24N2O3/c1-14-13(12(16)17-2)5-3-4-11(10-13)15-6-8-18-9-7-15/h11,14H,3-10H2,1-2H3. The molecule has 2 unspecified atom stereocenters. The summed E-state index contributed by atoms with van der Waals surface area (Å²) < 4.78 is 10.4. The highest BCUT2D eigenvalue weighted by atomic mass is 16.5. The normalized spacial score (nSPS) is 34.2. The van der Waals surface area contributed by atoms with E-state index in [1.54, 1.807) is 0 Å². The summed E-state index contributed by atoms with van der Waals surface area (Å²) in [4.78, 5) is 14.5. The maximum Gasteiger partial charge on any atom is 0.326 e. The maximum atomic E-state index is 12.0. The van der Waals surface area contributed by atoms with Gasteiger partial charge in [-0.25, -0.2) is 0 Å². The molecule has 0 amide bonds. The molecule has 104 valence electrons. The zero-order valence-electron chi connectivity index (χ0n) is 11.4. The van der Waals surface area contributed by atoms with Crippen LogP contribution in [0.1, 0.15) is 25.7 Å². The van der Waals surface area contributed by atoms with Crippen LogP contribution in [-0.4, -0.2) is 62.9 Å². The molecule has 5 nitrogen and oxygen atoms in total. The second-order valence-corrected chi connectivity index (χ2v) is 5.22. The number of ether oxygens (including phenoxy) is 2. The van der Waals surface area contributed by atoms with E-state index >= 15 is 0 Å². The number of rotatable bonds is 3. The summed E-state index contributed by atoms with van der Waals surface area (Å²) >= 11 is 0. The van der Waals surface area contributed by atoms with E-state index < -0.39 is 5.54 Å². The van der Waals surface area contributed by atoms with Gasteiger partial charge < -0.3 is 14.8 Å². The third-order valence-electron chi connectivity index (χ3n) is 4.34. The highest BCUT2D eigenvalue weighted by Crippen LogP contribution is 2.32. The number of hydrogen-bond donors (Lipinski definition) is 1. The summed E-state index contributed by atoms with van der Waals surface area (Å²) in [7, 11) is 3.33. The highest BCUT2D eigenvalue weighted by molar-refractivity contribution is 5.81. The molecule has 1 saturated heterocycles. The van der Waals surface area contributed by atoms with Crippen LogP contribution >= 0.6 is 0 Å². The van der Waals surface area contributed by atoms with Gasteiger partial charge in [0.25, 0.3) is 0 Å². The molecule has 0 aromatic heterocycles. The molecule has 0 aromatic carbocycles. The van der Waals surface area contributed by atoms with Crippen molar-refractivity contribution in [2.45, 2.75) is 37.3 Å². The number of carbonyl (C=O) groups excluding carboxylic acids is 1. The fourth-order valence-corrected chi connectivity index (χ4v) is 3.21. The molecule has 2 aliphatic rings. The van der Waals surface area contributed by atoms with Gasteiger partial charge in [-0.3, -0.25) is 9.69 Å². The summed E-state index contributed by atoms with van der Waals surface area (Å²) in [6.45, 7) is 3.57. The lowest BCUT2D eigenvalue weighted by Crippen LogP contribution is -2.58. The molecule has 1 aliphatic carbocycles. The first-order chi connectivity index (χ1) is 8.72. The predicted molar refractivity (Wildman–Crippen MR) is 68.5 cm³/mol. The number of esters is 1. The van der Waals surface area contributed by atoms with E-state index in [2.05, 4.69) is 10.2 Å². The van der Waals surface area contributed by atoms with Gasteiger partial charge in [-0.15, -0.1) is 0 Å². The predicted octanol–water partition coefficient (Wildman–Crippen LogP) is 0.392. The zero-order chi connectivity index (χ0) is 13.0. The first kappa shape index (κ1) is 13.8. The van der Waals surface area contributed by atoms with Gasteiger partial charge in [-0.2, -0.15) is 0 Å². The summed E-state index contributed by atoms with van der Waals surface area (Å²) in [6.07, 6.45) is 3.95. The van der Waals surface area contributed by atoms with Crippen molar-refractivity contribution in [1.29, 1.82) is 0 Å². The Kier molecular flexibility index (Phi) is 4.59. The Hall–Kier alpha value is -0.650. The van der Waals surface area contributed by atoms with Gasteiger partial charge in [0, 0.05) is 19.1 Å². The maximum absolute atomic E-state index is 12.0. The molecule has 18 heavy (non-hydrogen) atoms. The first-order valence-corrected chi connectivity index (χ1v) is 6.81. The van der Waals surface area contributed by atoms with Crippen molar-refractivity contribution >= 4 is 5.97 Å². The van der Waals surface area contributed by atoms with Crippen LogP contribution < -0.4 is 5.32 Å². The van der Waals surface area contributed by atoms with Gasteiger partial charge in [0.05, 0.1) is 20.3 Å². The van der Waals surface area contributed by atoms with Crippen LogP contribution in [0.25, 0.3) is 0 Å². The van der Waals surface area contributed by atoms with Crippen molar-refractivity contribution in [3.63, 3.8) is 0 Å². The Balaban J connectivity index is 2.03. The van der Waals surface area contributed by atoms with Crippen molar-refractivity contribution in [1.82, 2.24) is 10.2 Å². The number of methoxy groups -OCH3 is 1. The molecular weight excluding hydrogens is 232 g/mol. The quantitative estimate of drug-likeness (QED) is 0.740. The van der Waals surface area contributed by atoms with Crippen LogP contribution in [-0.2, 0) is 14.3 Å². The largest absolute Gasteiger partial charge is 0.468 e. The van der Waals surface area contributed by atoms with E-state index in [0.717, 1.165) is 45.6 Å². The van der Waals surface area contributed by atoms with Gasteiger partial charge in [0.15, 0.2) is 0 Å². The molecule has 1 N–H and O–H groups in total. The zero-order valence-corrected chi connectivity index (χ0v) is 11.4. The molecular formula is C13H24N2O3. The minimum Gasteiger partial charge on any atom is -0.468 e. The number of morpholine rings is 1. The molecule has 0 spiro atoms. The van der Waals surface area contributed by atoms with E-state index in [1.807, 2.05) is 7.05 Å². The Morgan fingerprint density at radius 1 is 1.44 bits per heavy atom. The topological polar surface area (TPSA) is 50.8 Å². The third-order valence-corrected chi connectivity index (χ3v) is 4.34. The Labute approximate surface area is 109 Å². The molecule has 1 heterocycles. The third kappa shape index (κ3) is 2.68. The fourth-order valence-electron chi connectivity index (χ4n) is 3.21. The summed E-state index contributed by atoms with van der Waals surface area (Å²) in [5.74, 6) is -0.122. The molecule has 0 aromatic rings. The summed E-state index contributed by atoms with van der Waals surface area (Å²) in [6, 6.07) is 0.467. The van der Waals surface area contributed by atoms with Crippen LogP contribution in [0, 0.1) is 0 Å². The number of hydrogen-bond acceptors (Lipinski definition) is 5. The molecule has 0 radical (unpaired) electrons. The molecule has 2 fully saturated rings. The Morgan fingerprint density at radius 3 is 2.78 bits per heavy atom. The lowest BCUT2D eigenvalue weighted by molar-refractivity contribution is -0.151. The lowest BCUT2D eigenvalue weighted by atomic mass is 9.78. The Bertz CT molecular complexity index is 292. The van der Waals surface area contributed by atoms with Crippen LogP contribution in [0.5, 0.6) is 0 Å². The smallest absolute Gasteiger partial charge is 0.326 e. The molecule has 1 aliphatic heterocycles. The van der Waals surface area contributed by atoms with E-state index in [9.17, 15) is 4.79 Å². The van der Waals surface area contributed by atoms with E-state index in [-0.39, 0.29) is 5.97 Å². The van der Waals surface area contributed by atoms with Crippen molar-refractivity contribution in [3.8, 4) is 0 Å². The van der Waals surface area contributed by atoms with E-state index in [1.165, 1.54) is 13.5 Å². The molecule has 1 saturated carbocycles. The second kappa shape index (κ2) is 5.99. The number of carbonyl (C=O) groups is 1. The van der Waals surface area contributed by atoms with Crippen molar-refractivity contribution in [3.05, 3.63) is 0 Å². The fraction of sp³-hybridized carbons (Fsp3) is 0.923. The van der Waals surface area contributed by atoms with Crippen LogP contribution in [0.3, 0.4) is 0 Å². The minimum absolute atomic E-state index is 0.122. The van der Waals surface area contributed by atoms with Gasteiger partial charge in [-0.05, 0) is 32.7 Å². The number of nitrogens with one attached hydrogen (secondary N) is 1.